The van der Waals surface area contributed by atoms with Crippen molar-refractivity contribution < 1.29 is 16.8 Å². The topological polar surface area (TPSA) is 106 Å². The van der Waals surface area contributed by atoms with E-state index in [1.165, 1.54) is 36.4 Å². The molecule has 112 valence electrons. The van der Waals surface area contributed by atoms with E-state index in [9.17, 15) is 16.8 Å². The molecule has 0 saturated heterocycles. The van der Waals surface area contributed by atoms with E-state index in [4.69, 9.17) is 17.3 Å². The van der Waals surface area contributed by atoms with Crippen LogP contribution < -0.4 is 9.86 Å². The molecule has 3 N–H and O–H groups in total. The first-order valence-corrected chi connectivity index (χ1v) is 8.95. The van der Waals surface area contributed by atoms with Crippen molar-refractivity contribution in [3.05, 3.63) is 53.6 Å². The second-order valence-electron chi connectivity index (χ2n) is 4.09. The number of sulfonamides is 2. The van der Waals surface area contributed by atoms with Gasteiger partial charge < -0.3 is 5.73 Å². The van der Waals surface area contributed by atoms with Gasteiger partial charge in [-0.15, -0.1) is 4.13 Å². The second kappa shape index (κ2) is 5.64. The molecular weight excluding hydrogens is 336 g/mol. The van der Waals surface area contributed by atoms with Crippen LogP contribution in [-0.2, 0) is 20.0 Å². The van der Waals surface area contributed by atoms with E-state index in [0.29, 0.717) is 0 Å². The molecule has 0 bridgehead atoms. The summed E-state index contributed by atoms with van der Waals surface area (Å²) in [5, 5.41) is 0.180. The van der Waals surface area contributed by atoms with Crippen molar-refractivity contribution in [3.8, 4) is 0 Å². The monoisotopic (exact) mass is 346 g/mol. The Kier molecular flexibility index (Phi) is 4.24. The smallest absolute Gasteiger partial charge is 0.253 e. The van der Waals surface area contributed by atoms with Gasteiger partial charge in [-0.2, -0.15) is 0 Å². The van der Waals surface area contributed by atoms with Crippen molar-refractivity contribution in [1.29, 1.82) is 0 Å². The molecule has 0 aliphatic carbocycles. The molecule has 0 aromatic heterocycles. The lowest BCUT2D eigenvalue weighted by molar-refractivity contribution is 0.577. The zero-order valence-electron chi connectivity index (χ0n) is 10.5. The average Bonchev–Trinajstić information content (AvgIpc) is 2.41. The lowest BCUT2D eigenvalue weighted by Crippen LogP contribution is -2.30. The first kappa shape index (κ1) is 15.8. The molecule has 0 heterocycles. The minimum absolute atomic E-state index is 0.0386. The molecule has 2 rings (SSSR count). The van der Waals surface area contributed by atoms with Gasteiger partial charge in [0, 0.05) is 0 Å². The number of nitrogen functional groups attached to an aromatic ring is 1. The van der Waals surface area contributed by atoms with Crippen LogP contribution in [0, 0.1) is 0 Å². The number of hydrogen-bond donors (Lipinski definition) is 2. The summed E-state index contributed by atoms with van der Waals surface area (Å²) < 4.78 is 49.9. The van der Waals surface area contributed by atoms with Crippen molar-refractivity contribution >= 4 is 37.3 Å². The van der Waals surface area contributed by atoms with E-state index < -0.39 is 20.0 Å². The number of rotatable bonds is 4. The number of hydrogen-bond acceptors (Lipinski definition) is 5. The normalized spacial score (nSPS) is 12.2. The Morgan fingerprint density at radius 3 is 2.00 bits per heavy atom. The zero-order chi connectivity index (χ0) is 15.7. The van der Waals surface area contributed by atoms with Crippen LogP contribution in [0.5, 0.6) is 0 Å². The number of halogens is 1. The highest BCUT2D eigenvalue weighted by Gasteiger charge is 2.24. The quantitative estimate of drug-likeness (QED) is 0.817. The van der Waals surface area contributed by atoms with Crippen LogP contribution in [0.2, 0.25) is 5.02 Å². The van der Waals surface area contributed by atoms with E-state index in [1.54, 1.807) is 10.2 Å². The minimum atomic E-state index is -4.28. The van der Waals surface area contributed by atoms with Gasteiger partial charge in [-0.1, -0.05) is 29.8 Å². The van der Waals surface area contributed by atoms with E-state index in [0.717, 1.165) is 6.07 Å². The van der Waals surface area contributed by atoms with Crippen LogP contribution in [0.25, 0.3) is 0 Å². The molecule has 2 aromatic rings. The molecule has 9 heteroatoms. The van der Waals surface area contributed by atoms with Crippen molar-refractivity contribution in [2.45, 2.75) is 9.79 Å². The summed E-state index contributed by atoms with van der Waals surface area (Å²) in [4.78, 5) is -0.445. The molecule has 0 amide bonds. The van der Waals surface area contributed by atoms with Crippen LogP contribution in [0.1, 0.15) is 0 Å². The molecule has 0 aliphatic heterocycles. The Balaban J connectivity index is 2.40. The fraction of sp³-hybridized carbons (Fsp3) is 0. The predicted molar refractivity (Wildman–Crippen MR) is 79.8 cm³/mol. The highest BCUT2D eigenvalue weighted by molar-refractivity contribution is 8.04. The first-order valence-electron chi connectivity index (χ1n) is 5.61. The first-order chi connectivity index (χ1) is 9.72. The summed E-state index contributed by atoms with van der Waals surface area (Å²) in [7, 11) is -8.48. The number of benzene rings is 2. The van der Waals surface area contributed by atoms with Crippen LogP contribution in [0.15, 0.2) is 58.3 Å². The Morgan fingerprint density at radius 1 is 0.857 bits per heavy atom. The average molecular weight is 347 g/mol. The molecule has 2 aromatic carbocycles. The van der Waals surface area contributed by atoms with Gasteiger partial charge >= 0.3 is 0 Å². The molecule has 0 saturated carbocycles. The fourth-order valence-electron chi connectivity index (χ4n) is 1.53. The maximum Gasteiger partial charge on any atom is 0.253 e. The Bertz CT molecular complexity index is 865. The molecule has 0 aliphatic rings. The summed E-state index contributed by atoms with van der Waals surface area (Å²) in [6, 6.07) is 10.7. The molecule has 0 spiro atoms. The second-order valence-corrected chi connectivity index (χ2v) is 8.12. The van der Waals surface area contributed by atoms with Crippen molar-refractivity contribution in [2.24, 2.45) is 0 Å². The zero-order valence-corrected chi connectivity index (χ0v) is 12.9. The minimum Gasteiger partial charge on any atom is -0.397 e. The summed E-state index contributed by atoms with van der Waals surface area (Å²) in [6.45, 7) is 0. The van der Waals surface area contributed by atoms with Crippen LogP contribution >= 0.6 is 11.6 Å². The van der Waals surface area contributed by atoms with Gasteiger partial charge in [0.2, 0.25) is 0 Å². The van der Waals surface area contributed by atoms with Gasteiger partial charge in [0.25, 0.3) is 20.0 Å². The third-order valence-electron chi connectivity index (χ3n) is 2.55. The largest absolute Gasteiger partial charge is 0.397 e. The number of anilines is 1. The lowest BCUT2D eigenvalue weighted by atomic mass is 10.3. The summed E-state index contributed by atoms with van der Waals surface area (Å²) in [5.74, 6) is 0. The van der Waals surface area contributed by atoms with E-state index >= 15 is 0 Å². The maximum atomic E-state index is 12.1. The standard InChI is InChI=1S/C12H11ClN2O4S2/c13-11-7-6-10(8-12(11)14)21(18,19)15-20(16,17)9-4-2-1-3-5-9/h1-8,15H,14H2. The van der Waals surface area contributed by atoms with Crippen LogP contribution in [-0.4, -0.2) is 16.8 Å². The van der Waals surface area contributed by atoms with E-state index in [1.807, 2.05) is 0 Å². The highest BCUT2D eigenvalue weighted by atomic mass is 35.5. The summed E-state index contributed by atoms with van der Waals surface area (Å²) in [5.41, 5.74) is 5.56. The Morgan fingerprint density at radius 2 is 1.43 bits per heavy atom. The third-order valence-corrected chi connectivity index (χ3v) is 6.42. The Labute approximate surface area is 127 Å². The van der Waals surface area contributed by atoms with Gasteiger partial charge in [-0.3, -0.25) is 0 Å². The van der Waals surface area contributed by atoms with Crippen molar-refractivity contribution in [2.75, 3.05) is 5.73 Å². The molecule has 6 nitrogen and oxygen atoms in total. The van der Waals surface area contributed by atoms with E-state index in [-0.39, 0.29) is 20.5 Å². The molecule has 0 radical (unpaired) electrons. The number of nitrogens with one attached hydrogen (secondary N) is 1. The molecule has 0 atom stereocenters. The van der Waals surface area contributed by atoms with Gasteiger partial charge in [-0.05, 0) is 30.3 Å². The highest BCUT2D eigenvalue weighted by Crippen LogP contribution is 2.23. The third kappa shape index (κ3) is 3.53. The Hall–Kier alpha value is -1.61. The predicted octanol–water partition coefficient (Wildman–Crippen LogP) is 1.59. The maximum absolute atomic E-state index is 12.1. The van der Waals surface area contributed by atoms with Gasteiger partial charge in [0.15, 0.2) is 0 Å². The molecule has 0 fully saturated rings. The van der Waals surface area contributed by atoms with Crippen LogP contribution in [0.4, 0.5) is 5.69 Å². The van der Waals surface area contributed by atoms with Gasteiger partial charge in [0.1, 0.15) is 0 Å². The van der Waals surface area contributed by atoms with E-state index in [2.05, 4.69) is 0 Å². The number of nitrogens with two attached hydrogens (primary N) is 1. The lowest BCUT2D eigenvalue weighted by Gasteiger charge is -2.09. The molecular formula is C12H11ClN2O4S2. The SMILES string of the molecule is Nc1cc(S(=O)(=O)NS(=O)(=O)c2ccccc2)ccc1Cl. The fourth-order valence-corrected chi connectivity index (χ4v) is 4.62. The van der Waals surface area contributed by atoms with Crippen molar-refractivity contribution in [3.63, 3.8) is 0 Å². The van der Waals surface area contributed by atoms with Gasteiger partial charge in [0.05, 0.1) is 20.5 Å². The van der Waals surface area contributed by atoms with Crippen molar-refractivity contribution in [1.82, 2.24) is 4.13 Å². The molecule has 0 unspecified atom stereocenters. The summed E-state index contributed by atoms with van der Waals surface area (Å²) >= 11 is 5.70. The summed E-state index contributed by atoms with van der Waals surface area (Å²) in [6.07, 6.45) is 0. The molecule has 21 heavy (non-hydrogen) atoms. The van der Waals surface area contributed by atoms with Crippen LogP contribution in [0.3, 0.4) is 0 Å². The van der Waals surface area contributed by atoms with Gasteiger partial charge in [-0.25, -0.2) is 16.8 Å².